The number of likely N-dealkylation sites (tertiary alicyclic amines) is 1. The van der Waals surface area contributed by atoms with Crippen molar-refractivity contribution in [1.82, 2.24) is 4.90 Å². The molecular weight excluding hydrogens is 240 g/mol. The summed E-state index contributed by atoms with van der Waals surface area (Å²) >= 11 is 0. The standard InChI is InChI=1S/C15H28N2O2/c1-15(2,3)19-14(18)17-10-9-12(16)13(17)11-7-5-4-6-8-11/h11-13H,4-10,16H2,1-3H3. The second kappa shape index (κ2) is 5.70. The molecule has 19 heavy (non-hydrogen) atoms. The predicted octanol–water partition coefficient (Wildman–Crippen LogP) is 2.90. The minimum absolute atomic E-state index is 0.121. The predicted molar refractivity (Wildman–Crippen MR) is 75.9 cm³/mol. The van der Waals surface area contributed by atoms with Crippen LogP contribution in [0.5, 0.6) is 0 Å². The Labute approximate surface area is 116 Å². The maximum atomic E-state index is 12.3. The Balaban J connectivity index is 2.04. The lowest BCUT2D eigenvalue weighted by Gasteiger charge is -2.36. The van der Waals surface area contributed by atoms with E-state index in [9.17, 15) is 4.79 Å². The van der Waals surface area contributed by atoms with Gasteiger partial charge in [0.15, 0.2) is 0 Å². The normalized spacial score (nSPS) is 29.6. The molecule has 1 aliphatic carbocycles. The Morgan fingerprint density at radius 2 is 1.79 bits per heavy atom. The third-order valence-electron chi connectivity index (χ3n) is 4.26. The Hall–Kier alpha value is -0.770. The van der Waals surface area contributed by atoms with Crippen molar-refractivity contribution in [2.75, 3.05) is 6.54 Å². The van der Waals surface area contributed by atoms with E-state index < -0.39 is 5.60 Å². The van der Waals surface area contributed by atoms with Crippen molar-refractivity contribution in [1.29, 1.82) is 0 Å². The number of rotatable bonds is 1. The summed E-state index contributed by atoms with van der Waals surface area (Å²) in [5.41, 5.74) is 5.82. The highest BCUT2D eigenvalue weighted by Gasteiger charge is 2.41. The lowest BCUT2D eigenvalue weighted by Crippen LogP contribution is -2.49. The fraction of sp³-hybridized carbons (Fsp3) is 0.933. The molecule has 0 aromatic heterocycles. The summed E-state index contributed by atoms with van der Waals surface area (Å²) in [6.45, 7) is 6.49. The molecule has 2 unspecified atom stereocenters. The van der Waals surface area contributed by atoms with Crippen LogP contribution in [0.15, 0.2) is 0 Å². The molecular formula is C15H28N2O2. The van der Waals surface area contributed by atoms with Gasteiger partial charge in [-0.15, -0.1) is 0 Å². The molecule has 2 rings (SSSR count). The van der Waals surface area contributed by atoms with E-state index in [0.717, 1.165) is 13.0 Å². The fourth-order valence-corrected chi connectivity index (χ4v) is 3.45. The molecule has 0 spiro atoms. The summed E-state index contributed by atoms with van der Waals surface area (Å²) in [6.07, 6.45) is 7.00. The summed E-state index contributed by atoms with van der Waals surface area (Å²) in [4.78, 5) is 14.2. The molecule has 1 saturated heterocycles. The third-order valence-corrected chi connectivity index (χ3v) is 4.26. The lowest BCUT2D eigenvalue weighted by atomic mass is 9.81. The molecule has 0 bridgehead atoms. The number of hydrogen-bond acceptors (Lipinski definition) is 3. The largest absolute Gasteiger partial charge is 0.444 e. The average molecular weight is 268 g/mol. The molecule has 4 heteroatoms. The van der Waals surface area contributed by atoms with Crippen molar-refractivity contribution >= 4 is 6.09 Å². The van der Waals surface area contributed by atoms with Gasteiger partial charge >= 0.3 is 6.09 Å². The van der Waals surface area contributed by atoms with Crippen LogP contribution in [0.3, 0.4) is 0 Å². The first-order chi connectivity index (χ1) is 8.88. The second-order valence-corrected chi connectivity index (χ2v) is 7.01. The van der Waals surface area contributed by atoms with E-state index in [4.69, 9.17) is 10.5 Å². The second-order valence-electron chi connectivity index (χ2n) is 7.01. The summed E-state index contributed by atoms with van der Waals surface area (Å²) < 4.78 is 5.52. The molecule has 1 aliphatic heterocycles. The minimum atomic E-state index is -0.430. The molecule has 1 amide bonds. The first-order valence-electron chi connectivity index (χ1n) is 7.64. The number of nitrogens with two attached hydrogens (primary N) is 1. The molecule has 2 atom stereocenters. The van der Waals surface area contributed by atoms with Crippen LogP contribution >= 0.6 is 0 Å². The lowest BCUT2D eigenvalue weighted by molar-refractivity contribution is 0.0146. The van der Waals surface area contributed by atoms with Crippen LogP contribution in [0, 0.1) is 5.92 Å². The van der Waals surface area contributed by atoms with Crippen LogP contribution in [0.2, 0.25) is 0 Å². The van der Waals surface area contributed by atoms with Gasteiger partial charge in [-0.1, -0.05) is 19.3 Å². The van der Waals surface area contributed by atoms with Gasteiger partial charge < -0.3 is 15.4 Å². The first kappa shape index (κ1) is 14.6. The number of carbonyl (C=O) groups is 1. The number of nitrogens with zero attached hydrogens (tertiary/aromatic N) is 1. The summed E-state index contributed by atoms with van der Waals surface area (Å²) in [5, 5.41) is 0. The van der Waals surface area contributed by atoms with Crippen molar-refractivity contribution in [3.05, 3.63) is 0 Å². The zero-order valence-electron chi connectivity index (χ0n) is 12.5. The van der Waals surface area contributed by atoms with Gasteiger partial charge in [-0.05, 0) is 46.0 Å². The van der Waals surface area contributed by atoms with Gasteiger partial charge in [0.05, 0.1) is 6.04 Å². The van der Waals surface area contributed by atoms with Gasteiger partial charge in [0.25, 0.3) is 0 Å². The number of hydrogen-bond donors (Lipinski definition) is 1. The van der Waals surface area contributed by atoms with Gasteiger partial charge in [-0.2, -0.15) is 0 Å². The molecule has 110 valence electrons. The number of carbonyl (C=O) groups excluding carboxylic acids is 1. The molecule has 2 N–H and O–H groups in total. The van der Waals surface area contributed by atoms with Crippen LogP contribution in [0.4, 0.5) is 4.79 Å². The molecule has 2 fully saturated rings. The SMILES string of the molecule is CC(C)(C)OC(=O)N1CCC(N)C1C1CCCCC1. The summed E-state index contributed by atoms with van der Waals surface area (Å²) in [6, 6.07) is 0.311. The molecule has 0 radical (unpaired) electrons. The first-order valence-corrected chi connectivity index (χ1v) is 7.64. The topological polar surface area (TPSA) is 55.6 Å². The highest BCUT2D eigenvalue weighted by atomic mass is 16.6. The van der Waals surface area contributed by atoms with Crippen LogP contribution in [-0.2, 0) is 4.74 Å². The van der Waals surface area contributed by atoms with Crippen LogP contribution in [-0.4, -0.2) is 35.2 Å². The summed E-state index contributed by atoms with van der Waals surface area (Å²) in [5.74, 6) is 0.568. The van der Waals surface area contributed by atoms with Crippen LogP contribution in [0.25, 0.3) is 0 Å². The average Bonchev–Trinajstić information content (AvgIpc) is 2.70. The molecule has 1 saturated carbocycles. The van der Waals surface area contributed by atoms with Crippen molar-refractivity contribution in [3.63, 3.8) is 0 Å². The maximum Gasteiger partial charge on any atom is 0.410 e. The molecule has 0 aromatic carbocycles. The van der Waals surface area contributed by atoms with Gasteiger partial charge in [0.1, 0.15) is 5.60 Å². The third kappa shape index (κ3) is 3.62. The number of ether oxygens (including phenoxy) is 1. The molecule has 2 aliphatic rings. The van der Waals surface area contributed by atoms with Gasteiger partial charge in [0.2, 0.25) is 0 Å². The van der Waals surface area contributed by atoms with Gasteiger partial charge in [-0.25, -0.2) is 4.79 Å². The van der Waals surface area contributed by atoms with E-state index in [2.05, 4.69) is 0 Å². The monoisotopic (exact) mass is 268 g/mol. The quantitative estimate of drug-likeness (QED) is 0.795. The van der Waals surface area contributed by atoms with Crippen LogP contribution in [0.1, 0.15) is 59.3 Å². The maximum absolute atomic E-state index is 12.3. The van der Waals surface area contributed by atoms with Crippen molar-refractivity contribution in [2.24, 2.45) is 11.7 Å². The van der Waals surface area contributed by atoms with E-state index in [1.165, 1.54) is 32.1 Å². The zero-order chi connectivity index (χ0) is 14.0. The molecule has 0 aromatic rings. The molecule has 1 heterocycles. The zero-order valence-corrected chi connectivity index (χ0v) is 12.5. The van der Waals surface area contributed by atoms with Crippen LogP contribution < -0.4 is 5.73 Å². The van der Waals surface area contributed by atoms with Crippen molar-refractivity contribution in [2.45, 2.75) is 77.0 Å². The smallest absolute Gasteiger partial charge is 0.410 e. The fourth-order valence-electron chi connectivity index (χ4n) is 3.45. The van der Waals surface area contributed by atoms with E-state index in [0.29, 0.717) is 5.92 Å². The Morgan fingerprint density at radius 1 is 1.16 bits per heavy atom. The van der Waals surface area contributed by atoms with E-state index in [1.807, 2.05) is 25.7 Å². The Kier molecular flexibility index (Phi) is 4.39. The highest BCUT2D eigenvalue weighted by Crippen LogP contribution is 2.34. The van der Waals surface area contributed by atoms with Gasteiger partial charge in [-0.3, -0.25) is 0 Å². The Morgan fingerprint density at radius 3 is 2.37 bits per heavy atom. The van der Waals surface area contributed by atoms with Crippen molar-refractivity contribution < 1.29 is 9.53 Å². The Bertz CT molecular complexity index is 319. The summed E-state index contributed by atoms with van der Waals surface area (Å²) in [7, 11) is 0. The van der Waals surface area contributed by atoms with Crippen molar-refractivity contribution in [3.8, 4) is 0 Å². The van der Waals surface area contributed by atoms with E-state index in [1.54, 1.807) is 0 Å². The molecule has 4 nitrogen and oxygen atoms in total. The minimum Gasteiger partial charge on any atom is -0.444 e. The van der Waals surface area contributed by atoms with Gasteiger partial charge in [0, 0.05) is 12.6 Å². The number of amides is 1. The van der Waals surface area contributed by atoms with E-state index >= 15 is 0 Å². The van der Waals surface area contributed by atoms with E-state index in [-0.39, 0.29) is 18.2 Å². The highest BCUT2D eigenvalue weighted by molar-refractivity contribution is 5.69.